The van der Waals surface area contributed by atoms with Crippen LogP contribution in [0.25, 0.3) is 0 Å². The summed E-state index contributed by atoms with van der Waals surface area (Å²) < 4.78 is 22.3. The first-order valence-corrected chi connectivity index (χ1v) is 6.88. The molecule has 0 aromatic heterocycles. The Labute approximate surface area is 103 Å². The van der Waals surface area contributed by atoms with Crippen LogP contribution in [0.15, 0.2) is 21.5 Å². The fourth-order valence-corrected chi connectivity index (χ4v) is 3.90. The minimum Gasteiger partial charge on any atom is -0.478 e. The van der Waals surface area contributed by atoms with Crippen molar-refractivity contribution in [1.29, 1.82) is 0 Å². The molecule has 1 aromatic rings. The maximum atomic E-state index is 11.1. The van der Waals surface area contributed by atoms with Crippen molar-refractivity contribution in [3.05, 3.63) is 27.2 Å². The van der Waals surface area contributed by atoms with Gasteiger partial charge in [0.2, 0.25) is 0 Å². The Bertz CT molecular complexity index is 526. The van der Waals surface area contributed by atoms with Crippen molar-refractivity contribution in [2.75, 3.05) is 0 Å². The zero-order valence-corrected chi connectivity index (χ0v) is 10.8. The second-order valence-corrected chi connectivity index (χ2v) is 6.30. The van der Waals surface area contributed by atoms with Gasteiger partial charge in [-0.25, -0.2) is 13.2 Å². The van der Waals surface area contributed by atoms with Crippen LogP contribution in [-0.2, 0) is 9.05 Å². The first kappa shape index (κ1) is 12.8. The van der Waals surface area contributed by atoms with E-state index in [0.29, 0.717) is 0 Å². The third-order valence-electron chi connectivity index (χ3n) is 1.48. The van der Waals surface area contributed by atoms with Gasteiger partial charge in [-0.1, -0.05) is 11.6 Å². The Balaban J connectivity index is 3.70. The van der Waals surface area contributed by atoms with E-state index in [4.69, 9.17) is 27.4 Å². The second kappa shape index (κ2) is 4.29. The third-order valence-corrected chi connectivity index (χ3v) is 3.98. The van der Waals surface area contributed by atoms with Gasteiger partial charge in [0.05, 0.1) is 5.56 Å². The Morgan fingerprint density at radius 2 is 1.93 bits per heavy atom. The third kappa shape index (κ3) is 2.84. The summed E-state index contributed by atoms with van der Waals surface area (Å²) in [6.07, 6.45) is 0. The summed E-state index contributed by atoms with van der Waals surface area (Å²) in [4.78, 5) is 10.3. The van der Waals surface area contributed by atoms with E-state index in [1.165, 1.54) is 6.07 Å². The van der Waals surface area contributed by atoms with Crippen LogP contribution in [0.4, 0.5) is 0 Å². The standard InChI is InChI=1S/C7H3BrCl2O4S/c8-5-2-3(9)1-4(7(11)12)6(5)15(10,13)14/h1-2H,(H,11,12). The summed E-state index contributed by atoms with van der Waals surface area (Å²) in [6.45, 7) is 0. The summed E-state index contributed by atoms with van der Waals surface area (Å²) >= 11 is 8.48. The molecule has 0 aliphatic carbocycles. The molecule has 0 spiro atoms. The highest BCUT2D eigenvalue weighted by atomic mass is 79.9. The number of carbonyl (C=O) groups is 1. The maximum Gasteiger partial charge on any atom is 0.337 e. The van der Waals surface area contributed by atoms with Gasteiger partial charge in [0.15, 0.2) is 0 Å². The molecule has 1 rings (SSSR count). The van der Waals surface area contributed by atoms with Gasteiger partial charge in [0.1, 0.15) is 4.90 Å². The molecule has 0 fully saturated rings. The highest BCUT2D eigenvalue weighted by Crippen LogP contribution is 2.31. The molecular formula is C7H3BrCl2O4S. The molecular weight excluding hydrogens is 331 g/mol. The van der Waals surface area contributed by atoms with Crippen molar-refractivity contribution in [3.63, 3.8) is 0 Å². The molecule has 0 saturated heterocycles. The number of benzene rings is 1. The van der Waals surface area contributed by atoms with Crippen LogP contribution in [0.2, 0.25) is 5.02 Å². The Kier molecular flexibility index (Phi) is 3.65. The quantitative estimate of drug-likeness (QED) is 0.845. The number of halogens is 3. The highest BCUT2D eigenvalue weighted by Gasteiger charge is 2.24. The molecule has 0 unspecified atom stereocenters. The number of hydrogen-bond acceptors (Lipinski definition) is 3. The largest absolute Gasteiger partial charge is 0.478 e. The molecule has 8 heteroatoms. The van der Waals surface area contributed by atoms with E-state index < -0.39 is 25.5 Å². The van der Waals surface area contributed by atoms with E-state index in [-0.39, 0.29) is 9.50 Å². The van der Waals surface area contributed by atoms with Gasteiger partial charge in [-0.05, 0) is 28.1 Å². The SMILES string of the molecule is O=C(O)c1cc(Cl)cc(Br)c1S(=O)(=O)Cl. The first-order chi connectivity index (χ1) is 6.73. The van der Waals surface area contributed by atoms with Crippen molar-refractivity contribution < 1.29 is 18.3 Å². The van der Waals surface area contributed by atoms with Crippen LogP contribution in [-0.4, -0.2) is 19.5 Å². The van der Waals surface area contributed by atoms with Crippen molar-refractivity contribution in [1.82, 2.24) is 0 Å². The van der Waals surface area contributed by atoms with E-state index in [9.17, 15) is 13.2 Å². The number of carboxylic acid groups (broad SMARTS) is 1. The zero-order chi connectivity index (χ0) is 11.8. The summed E-state index contributed by atoms with van der Waals surface area (Å²) in [5, 5.41) is 8.88. The van der Waals surface area contributed by atoms with Gasteiger partial charge >= 0.3 is 5.97 Å². The monoisotopic (exact) mass is 332 g/mol. The molecule has 0 radical (unpaired) electrons. The van der Waals surface area contributed by atoms with E-state index >= 15 is 0 Å². The normalized spacial score (nSPS) is 11.4. The Morgan fingerprint density at radius 3 is 2.33 bits per heavy atom. The minimum absolute atomic E-state index is 0.0161. The van der Waals surface area contributed by atoms with E-state index in [0.717, 1.165) is 6.07 Å². The molecule has 15 heavy (non-hydrogen) atoms. The summed E-state index contributed by atoms with van der Waals surface area (Å²) in [5.74, 6) is -1.42. The van der Waals surface area contributed by atoms with Crippen LogP contribution >= 0.6 is 38.2 Å². The lowest BCUT2D eigenvalue weighted by molar-refractivity contribution is 0.0692. The summed E-state index contributed by atoms with van der Waals surface area (Å²) in [6, 6.07) is 2.27. The van der Waals surface area contributed by atoms with Crippen LogP contribution in [0.1, 0.15) is 10.4 Å². The number of hydrogen-bond donors (Lipinski definition) is 1. The smallest absolute Gasteiger partial charge is 0.337 e. The molecule has 4 nitrogen and oxygen atoms in total. The van der Waals surface area contributed by atoms with Crippen molar-refractivity contribution in [2.24, 2.45) is 0 Å². The lowest BCUT2D eigenvalue weighted by atomic mass is 10.2. The molecule has 0 aliphatic heterocycles. The molecule has 82 valence electrons. The average molecular weight is 334 g/mol. The van der Waals surface area contributed by atoms with Crippen molar-refractivity contribution in [3.8, 4) is 0 Å². The molecule has 0 amide bonds. The van der Waals surface area contributed by atoms with E-state index in [1.807, 2.05) is 0 Å². The predicted molar refractivity (Wildman–Crippen MR) is 59.2 cm³/mol. The zero-order valence-electron chi connectivity index (χ0n) is 6.87. The number of carboxylic acids is 1. The van der Waals surface area contributed by atoms with Gasteiger partial charge in [-0.2, -0.15) is 0 Å². The Hall–Kier alpha value is -0.300. The molecule has 0 heterocycles. The lowest BCUT2D eigenvalue weighted by Crippen LogP contribution is -2.05. The van der Waals surface area contributed by atoms with E-state index in [2.05, 4.69) is 15.9 Å². The minimum atomic E-state index is -4.14. The van der Waals surface area contributed by atoms with Crippen LogP contribution in [0.3, 0.4) is 0 Å². The van der Waals surface area contributed by atoms with Gasteiger partial charge in [-0.15, -0.1) is 0 Å². The summed E-state index contributed by atoms with van der Waals surface area (Å²) in [5.41, 5.74) is -0.468. The molecule has 0 atom stereocenters. The Morgan fingerprint density at radius 1 is 1.40 bits per heavy atom. The first-order valence-electron chi connectivity index (χ1n) is 3.40. The molecule has 1 N–H and O–H groups in total. The molecule has 0 bridgehead atoms. The molecule has 0 saturated carbocycles. The van der Waals surface area contributed by atoms with Gasteiger partial charge in [0.25, 0.3) is 9.05 Å². The second-order valence-electron chi connectivity index (χ2n) is 2.51. The fraction of sp³-hybridized carbons (Fsp3) is 0. The van der Waals surface area contributed by atoms with Crippen LogP contribution < -0.4 is 0 Å². The molecule has 1 aromatic carbocycles. The average Bonchev–Trinajstić information content (AvgIpc) is 1.99. The van der Waals surface area contributed by atoms with Gasteiger partial charge in [-0.3, -0.25) is 0 Å². The number of rotatable bonds is 2. The topological polar surface area (TPSA) is 71.4 Å². The molecule has 0 aliphatic rings. The van der Waals surface area contributed by atoms with E-state index in [1.54, 1.807) is 0 Å². The van der Waals surface area contributed by atoms with Gasteiger partial charge in [0, 0.05) is 20.2 Å². The van der Waals surface area contributed by atoms with Gasteiger partial charge < -0.3 is 5.11 Å². The predicted octanol–water partition coefficient (Wildman–Crippen LogP) is 2.73. The van der Waals surface area contributed by atoms with Crippen LogP contribution in [0.5, 0.6) is 0 Å². The fourth-order valence-electron chi connectivity index (χ4n) is 0.967. The maximum absolute atomic E-state index is 11.1. The highest BCUT2D eigenvalue weighted by molar-refractivity contribution is 9.10. The van der Waals surface area contributed by atoms with Crippen molar-refractivity contribution in [2.45, 2.75) is 4.90 Å². The lowest BCUT2D eigenvalue weighted by Gasteiger charge is -2.05. The summed E-state index contributed by atoms with van der Waals surface area (Å²) in [7, 11) is 0.961. The number of aromatic carboxylic acids is 1. The van der Waals surface area contributed by atoms with Crippen molar-refractivity contribution >= 4 is 53.2 Å². The van der Waals surface area contributed by atoms with Crippen LogP contribution in [0, 0.1) is 0 Å².